The van der Waals surface area contributed by atoms with Crippen molar-refractivity contribution in [3.8, 4) is 0 Å². The van der Waals surface area contributed by atoms with Gasteiger partial charge in [0.1, 0.15) is 0 Å². The minimum atomic E-state index is -3.63. The van der Waals surface area contributed by atoms with Gasteiger partial charge >= 0.3 is 0 Å². The molecule has 0 aromatic carbocycles. The molecule has 1 saturated carbocycles. The van der Waals surface area contributed by atoms with Crippen LogP contribution in [0.5, 0.6) is 0 Å². The molecule has 0 spiro atoms. The Labute approximate surface area is 114 Å². The Balaban J connectivity index is 2.30. The highest BCUT2D eigenvalue weighted by Gasteiger charge is 2.66. The predicted octanol–water partition coefficient (Wildman–Crippen LogP) is 0.890. The quantitative estimate of drug-likeness (QED) is 0.765. The van der Waals surface area contributed by atoms with Crippen molar-refractivity contribution in [2.45, 2.75) is 52.2 Å². The standard InChI is InChI=1S/C12H22N4O2S/c1-7-8(6-13)9(15-14-7)19(17,18)16-10-11(2,3)12(10,4)5/h10,16H,6,13H2,1-5H3,(H,14,15). The number of hydrogen-bond donors (Lipinski definition) is 3. The molecular formula is C12H22N4O2S. The van der Waals surface area contributed by atoms with Crippen molar-refractivity contribution in [2.75, 3.05) is 0 Å². The fourth-order valence-corrected chi connectivity index (χ4v) is 4.33. The van der Waals surface area contributed by atoms with Gasteiger partial charge in [-0.1, -0.05) is 27.7 Å². The van der Waals surface area contributed by atoms with Gasteiger partial charge in [0.05, 0.1) is 0 Å². The van der Waals surface area contributed by atoms with Gasteiger partial charge in [-0.15, -0.1) is 0 Å². The van der Waals surface area contributed by atoms with Crippen LogP contribution in [0.4, 0.5) is 0 Å². The second kappa shape index (κ2) is 4.04. The van der Waals surface area contributed by atoms with Gasteiger partial charge in [0.2, 0.25) is 0 Å². The van der Waals surface area contributed by atoms with E-state index in [1.807, 2.05) is 0 Å². The van der Waals surface area contributed by atoms with E-state index in [-0.39, 0.29) is 28.4 Å². The summed E-state index contributed by atoms with van der Waals surface area (Å²) in [5, 5.41) is 6.58. The SMILES string of the molecule is Cc1[nH]nc(S(=O)(=O)NC2C(C)(C)C2(C)C)c1CN. The van der Waals surface area contributed by atoms with Gasteiger partial charge in [-0.05, 0) is 17.8 Å². The number of aryl methyl sites for hydroxylation is 1. The van der Waals surface area contributed by atoms with Crippen molar-refractivity contribution in [2.24, 2.45) is 16.6 Å². The number of aromatic nitrogens is 2. The molecule has 6 nitrogen and oxygen atoms in total. The van der Waals surface area contributed by atoms with E-state index in [4.69, 9.17) is 5.73 Å². The molecule has 1 heterocycles. The highest BCUT2D eigenvalue weighted by Crippen LogP contribution is 2.62. The number of H-pyrrole nitrogens is 1. The molecule has 0 amide bonds. The molecule has 1 aliphatic carbocycles. The molecule has 4 N–H and O–H groups in total. The van der Waals surface area contributed by atoms with E-state index in [1.54, 1.807) is 6.92 Å². The van der Waals surface area contributed by atoms with E-state index in [0.29, 0.717) is 11.3 Å². The largest absolute Gasteiger partial charge is 0.326 e. The molecule has 1 aromatic rings. The molecule has 0 atom stereocenters. The Morgan fingerprint density at radius 3 is 2.26 bits per heavy atom. The lowest BCUT2D eigenvalue weighted by Crippen LogP contribution is -2.31. The molecule has 19 heavy (non-hydrogen) atoms. The van der Waals surface area contributed by atoms with Gasteiger partial charge in [0.25, 0.3) is 10.0 Å². The van der Waals surface area contributed by atoms with Crippen LogP contribution in [0.25, 0.3) is 0 Å². The van der Waals surface area contributed by atoms with Gasteiger partial charge in [-0.25, -0.2) is 13.1 Å². The normalized spacial score (nSPS) is 21.6. The van der Waals surface area contributed by atoms with Crippen LogP contribution in [-0.4, -0.2) is 24.7 Å². The Hall–Kier alpha value is -0.920. The molecule has 7 heteroatoms. The smallest absolute Gasteiger partial charge is 0.260 e. The molecule has 0 bridgehead atoms. The average molecular weight is 286 g/mol. The summed E-state index contributed by atoms with van der Waals surface area (Å²) < 4.78 is 27.6. The van der Waals surface area contributed by atoms with Crippen LogP contribution < -0.4 is 10.5 Å². The summed E-state index contributed by atoms with van der Waals surface area (Å²) in [7, 11) is -3.63. The fourth-order valence-electron chi connectivity index (χ4n) is 2.59. The summed E-state index contributed by atoms with van der Waals surface area (Å²) in [5.74, 6) is 0. The summed E-state index contributed by atoms with van der Waals surface area (Å²) in [6.45, 7) is 10.1. The van der Waals surface area contributed by atoms with Crippen molar-refractivity contribution in [3.05, 3.63) is 11.3 Å². The molecule has 1 aromatic heterocycles. The molecule has 108 valence electrons. The van der Waals surface area contributed by atoms with Crippen molar-refractivity contribution in [1.82, 2.24) is 14.9 Å². The first kappa shape index (κ1) is 14.5. The molecule has 2 rings (SSSR count). The van der Waals surface area contributed by atoms with Crippen LogP contribution in [0.3, 0.4) is 0 Å². The van der Waals surface area contributed by atoms with Gasteiger partial charge in [-0.3, -0.25) is 5.10 Å². The lowest BCUT2D eigenvalue weighted by Gasteiger charge is -2.07. The van der Waals surface area contributed by atoms with Gasteiger partial charge in [-0.2, -0.15) is 5.10 Å². The average Bonchev–Trinajstić information content (AvgIpc) is 2.65. The van der Waals surface area contributed by atoms with Crippen LogP contribution in [-0.2, 0) is 16.6 Å². The van der Waals surface area contributed by atoms with E-state index in [2.05, 4.69) is 42.6 Å². The van der Waals surface area contributed by atoms with Crippen molar-refractivity contribution in [1.29, 1.82) is 0 Å². The topological polar surface area (TPSA) is 101 Å². The summed E-state index contributed by atoms with van der Waals surface area (Å²) in [5.41, 5.74) is 6.71. The highest BCUT2D eigenvalue weighted by molar-refractivity contribution is 7.89. The van der Waals surface area contributed by atoms with Crippen LogP contribution in [0.15, 0.2) is 5.03 Å². The van der Waals surface area contributed by atoms with Crippen molar-refractivity contribution < 1.29 is 8.42 Å². The summed E-state index contributed by atoms with van der Waals surface area (Å²) in [6.07, 6.45) is 0. The molecule has 0 radical (unpaired) electrons. The molecular weight excluding hydrogens is 264 g/mol. The lowest BCUT2D eigenvalue weighted by molar-refractivity contribution is 0.457. The maximum absolute atomic E-state index is 12.4. The molecule has 0 aliphatic heterocycles. The zero-order valence-corrected chi connectivity index (χ0v) is 12.9. The van der Waals surface area contributed by atoms with Crippen LogP contribution in [0.1, 0.15) is 39.0 Å². The summed E-state index contributed by atoms with van der Waals surface area (Å²) >= 11 is 0. The fraction of sp³-hybridized carbons (Fsp3) is 0.750. The van der Waals surface area contributed by atoms with Crippen molar-refractivity contribution in [3.63, 3.8) is 0 Å². The number of rotatable bonds is 4. The maximum Gasteiger partial charge on any atom is 0.260 e. The lowest BCUT2D eigenvalue weighted by atomic mass is 10.0. The van der Waals surface area contributed by atoms with Crippen LogP contribution in [0, 0.1) is 17.8 Å². The number of nitrogens with two attached hydrogens (primary N) is 1. The minimum Gasteiger partial charge on any atom is -0.326 e. The van der Waals surface area contributed by atoms with Gasteiger partial charge in [0, 0.05) is 23.8 Å². The first-order chi connectivity index (χ1) is 8.55. The van der Waals surface area contributed by atoms with E-state index < -0.39 is 10.0 Å². The molecule has 0 saturated heterocycles. The second-order valence-electron chi connectivity index (χ2n) is 6.33. The predicted molar refractivity (Wildman–Crippen MR) is 72.9 cm³/mol. The Morgan fingerprint density at radius 2 is 1.84 bits per heavy atom. The molecule has 1 fully saturated rings. The van der Waals surface area contributed by atoms with E-state index in [0.717, 1.165) is 0 Å². The first-order valence-corrected chi connectivity index (χ1v) is 7.80. The van der Waals surface area contributed by atoms with Crippen LogP contribution >= 0.6 is 0 Å². The molecule has 0 unspecified atom stereocenters. The van der Waals surface area contributed by atoms with Gasteiger partial charge in [0.15, 0.2) is 5.03 Å². The number of hydrogen-bond acceptors (Lipinski definition) is 4. The summed E-state index contributed by atoms with van der Waals surface area (Å²) in [6, 6.07) is -0.0902. The Bertz CT molecular complexity index is 587. The van der Waals surface area contributed by atoms with Crippen LogP contribution in [0.2, 0.25) is 0 Å². The molecule has 1 aliphatic rings. The number of nitrogens with one attached hydrogen (secondary N) is 2. The Morgan fingerprint density at radius 1 is 1.32 bits per heavy atom. The van der Waals surface area contributed by atoms with Crippen molar-refractivity contribution >= 4 is 10.0 Å². The highest BCUT2D eigenvalue weighted by atomic mass is 32.2. The number of aromatic amines is 1. The number of nitrogens with zero attached hydrogens (tertiary/aromatic N) is 1. The zero-order valence-electron chi connectivity index (χ0n) is 12.0. The first-order valence-electron chi connectivity index (χ1n) is 6.32. The van der Waals surface area contributed by atoms with Gasteiger partial charge < -0.3 is 5.73 Å². The minimum absolute atomic E-state index is 0.0194. The third-order valence-corrected chi connectivity index (χ3v) is 6.18. The monoisotopic (exact) mass is 286 g/mol. The zero-order chi connectivity index (χ0) is 14.6. The van der Waals surface area contributed by atoms with E-state index in [9.17, 15) is 8.42 Å². The maximum atomic E-state index is 12.4. The van der Waals surface area contributed by atoms with E-state index in [1.165, 1.54) is 0 Å². The van der Waals surface area contributed by atoms with E-state index >= 15 is 0 Å². The Kier molecular flexibility index (Phi) is 3.08. The third kappa shape index (κ3) is 2.00. The second-order valence-corrected chi connectivity index (χ2v) is 7.96. The summed E-state index contributed by atoms with van der Waals surface area (Å²) in [4.78, 5) is 0. The number of sulfonamides is 1. The third-order valence-electron chi connectivity index (χ3n) is 4.79.